The molecule has 1 aliphatic heterocycles. The van der Waals surface area contributed by atoms with Crippen LogP contribution < -0.4 is 5.32 Å². The van der Waals surface area contributed by atoms with Crippen LogP contribution in [0.15, 0.2) is 59.6 Å². The van der Waals surface area contributed by atoms with Crippen LogP contribution in [0.1, 0.15) is 18.3 Å². The highest BCUT2D eigenvalue weighted by molar-refractivity contribution is 8.00. The smallest absolute Gasteiger partial charge is 0.330 e. The Morgan fingerprint density at radius 3 is 2.66 bits per heavy atom. The van der Waals surface area contributed by atoms with Crippen molar-refractivity contribution in [1.29, 1.82) is 0 Å². The summed E-state index contributed by atoms with van der Waals surface area (Å²) in [5, 5.41) is 4.65. The number of para-hydroxylation sites is 1. The number of nitrogens with zero attached hydrogens (tertiary/aromatic N) is 3. The van der Waals surface area contributed by atoms with Crippen LogP contribution >= 0.6 is 11.8 Å². The second-order valence-electron chi connectivity index (χ2n) is 7.89. The molecule has 9 heteroatoms. The van der Waals surface area contributed by atoms with Gasteiger partial charge in [-0.1, -0.05) is 42.1 Å². The van der Waals surface area contributed by atoms with E-state index in [-0.39, 0.29) is 17.6 Å². The van der Waals surface area contributed by atoms with Crippen LogP contribution in [0, 0.1) is 0 Å². The minimum Gasteiger partial charge on any atom is -0.463 e. The van der Waals surface area contributed by atoms with Crippen molar-refractivity contribution in [3.63, 3.8) is 0 Å². The predicted octanol–water partition coefficient (Wildman–Crippen LogP) is 3.77. The summed E-state index contributed by atoms with van der Waals surface area (Å²) in [5.74, 6) is 0.470. The van der Waals surface area contributed by atoms with E-state index in [1.165, 1.54) is 17.8 Å². The minimum absolute atomic E-state index is 0.123. The van der Waals surface area contributed by atoms with Crippen molar-refractivity contribution in [3.05, 3.63) is 66.0 Å². The molecule has 0 aliphatic carbocycles. The van der Waals surface area contributed by atoms with Crippen molar-refractivity contribution in [2.75, 3.05) is 44.0 Å². The first-order valence-corrected chi connectivity index (χ1v) is 12.5. The Bertz CT molecular complexity index is 1190. The normalized spacial score (nSPS) is 14.3. The van der Waals surface area contributed by atoms with E-state index in [2.05, 4.69) is 10.2 Å². The van der Waals surface area contributed by atoms with Gasteiger partial charge in [0.2, 0.25) is 5.91 Å². The molecular formula is C26H28N4O4S. The number of thioether (sulfide) groups is 1. The molecule has 0 spiro atoms. The fourth-order valence-corrected chi connectivity index (χ4v) is 4.43. The van der Waals surface area contributed by atoms with Gasteiger partial charge in [0.05, 0.1) is 37.6 Å². The number of morpholine rings is 1. The maximum absolute atomic E-state index is 12.6. The molecule has 1 saturated heterocycles. The lowest BCUT2D eigenvalue weighted by Gasteiger charge is -2.25. The van der Waals surface area contributed by atoms with Gasteiger partial charge in [0.25, 0.3) is 0 Å². The standard InChI is InChI=1S/C26H28N4O4S/c1-2-34-25(32)12-9-19-7-10-20(11-8-19)27-24(31)18-35-26-21-5-3-4-6-22(21)28-23(29-26)17-30-13-15-33-16-14-30/h3-12H,2,13-18H2,1H3,(H,27,31)/b12-9+. The van der Waals surface area contributed by atoms with Crippen LogP contribution in [0.2, 0.25) is 0 Å². The molecule has 1 aliphatic rings. The summed E-state index contributed by atoms with van der Waals surface area (Å²) in [6.07, 6.45) is 3.06. The molecule has 8 nitrogen and oxygen atoms in total. The maximum atomic E-state index is 12.6. The lowest BCUT2D eigenvalue weighted by atomic mass is 10.2. The minimum atomic E-state index is -0.382. The average Bonchev–Trinajstić information content (AvgIpc) is 2.88. The van der Waals surface area contributed by atoms with Crippen molar-refractivity contribution in [2.24, 2.45) is 0 Å². The molecule has 1 N–H and O–H groups in total. The van der Waals surface area contributed by atoms with E-state index in [9.17, 15) is 9.59 Å². The van der Waals surface area contributed by atoms with Crippen LogP contribution in [0.25, 0.3) is 17.0 Å². The van der Waals surface area contributed by atoms with Crippen LogP contribution in [0.5, 0.6) is 0 Å². The number of esters is 1. The lowest BCUT2D eigenvalue weighted by molar-refractivity contribution is -0.137. The van der Waals surface area contributed by atoms with Gasteiger partial charge in [0.15, 0.2) is 0 Å². The Kier molecular flexibility index (Phi) is 8.83. The van der Waals surface area contributed by atoms with Crippen molar-refractivity contribution < 1.29 is 19.1 Å². The third kappa shape index (κ3) is 7.35. The summed E-state index contributed by atoms with van der Waals surface area (Å²) < 4.78 is 10.3. The summed E-state index contributed by atoms with van der Waals surface area (Å²) in [4.78, 5) is 35.8. The number of aromatic nitrogens is 2. The number of anilines is 1. The highest BCUT2D eigenvalue weighted by Crippen LogP contribution is 2.26. The molecule has 2 heterocycles. The average molecular weight is 493 g/mol. The molecule has 0 radical (unpaired) electrons. The molecule has 0 unspecified atom stereocenters. The molecule has 1 amide bonds. The Labute approximate surface area is 208 Å². The molecule has 0 bridgehead atoms. The van der Waals surface area contributed by atoms with E-state index in [4.69, 9.17) is 19.4 Å². The zero-order valence-corrected chi connectivity index (χ0v) is 20.4. The number of carbonyl (C=O) groups is 2. The summed E-state index contributed by atoms with van der Waals surface area (Å²) in [6, 6.07) is 15.1. The fraction of sp³-hybridized carbons (Fsp3) is 0.308. The number of fused-ring (bicyclic) bond motifs is 1. The van der Waals surface area contributed by atoms with Crippen molar-refractivity contribution >= 4 is 46.3 Å². The van der Waals surface area contributed by atoms with Crippen LogP contribution in [-0.4, -0.2) is 65.4 Å². The molecule has 1 aromatic heterocycles. The number of benzene rings is 2. The highest BCUT2D eigenvalue weighted by Gasteiger charge is 2.15. The van der Waals surface area contributed by atoms with E-state index in [0.29, 0.717) is 18.8 Å². The highest BCUT2D eigenvalue weighted by atomic mass is 32.2. The van der Waals surface area contributed by atoms with Crippen molar-refractivity contribution in [3.8, 4) is 0 Å². The van der Waals surface area contributed by atoms with Gasteiger partial charge in [-0.15, -0.1) is 0 Å². The predicted molar refractivity (Wildman–Crippen MR) is 137 cm³/mol. The maximum Gasteiger partial charge on any atom is 0.330 e. The number of carbonyl (C=O) groups excluding carboxylic acids is 2. The second kappa shape index (κ2) is 12.4. The zero-order valence-electron chi connectivity index (χ0n) is 19.6. The number of hydrogen-bond acceptors (Lipinski definition) is 8. The molecule has 1 fully saturated rings. The quantitative estimate of drug-likeness (QED) is 0.209. The third-order valence-corrected chi connectivity index (χ3v) is 6.31. The lowest BCUT2D eigenvalue weighted by Crippen LogP contribution is -2.36. The second-order valence-corrected chi connectivity index (χ2v) is 8.86. The first-order valence-electron chi connectivity index (χ1n) is 11.5. The molecule has 0 saturated carbocycles. The van der Waals surface area contributed by atoms with Gasteiger partial charge in [-0.3, -0.25) is 9.69 Å². The Balaban J connectivity index is 1.37. The first kappa shape index (κ1) is 24.8. The summed E-state index contributed by atoms with van der Waals surface area (Å²) in [6.45, 7) is 5.92. The van der Waals surface area contributed by atoms with E-state index >= 15 is 0 Å². The zero-order chi connectivity index (χ0) is 24.5. The molecule has 2 aromatic carbocycles. The fourth-order valence-electron chi connectivity index (χ4n) is 3.60. The summed E-state index contributed by atoms with van der Waals surface area (Å²) in [7, 11) is 0. The van der Waals surface area contributed by atoms with Gasteiger partial charge in [0.1, 0.15) is 10.9 Å². The van der Waals surface area contributed by atoms with E-state index in [1.54, 1.807) is 25.1 Å². The largest absolute Gasteiger partial charge is 0.463 e. The van der Waals surface area contributed by atoms with Crippen molar-refractivity contribution in [1.82, 2.24) is 14.9 Å². The Morgan fingerprint density at radius 1 is 1.11 bits per heavy atom. The number of hydrogen-bond donors (Lipinski definition) is 1. The molecule has 35 heavy (non-hydrogen) atoms. The summed E-state index contributed by atoms with van der Waals surface area (Å²) in [5.41, 5.74) is 2.40. The number of amides is 1. The van der Waals surface area contributed by atoms with Gasteiger partial charge < -0.3 is 14.8 Å². The van der Waals surface area contributed by atoms with Crippen LogP contribution in [-0.2, 0) is 25.6 Å². The van der Waals surface area contributed by atoms with Crippen molar-refractivity contribution in [2.45, 2.75) is 18.5 Å². The molecule has 182 valence electrons. The molecule has 4 rings (SSSR count). The van der Waals surface area contributed by atoms with Gasteiger partial charge in [0, 0.05) is 30.2 Å². The number of nitrogens with one attached hydrogen (secondary N) is 1. The van der Waals surface area contributed by atoms with Gasteiger partial charge in [-0.2, -0.15) is 0 Å². The van der Waals surface area contributed by atoms with E-state index in [1.807, 2.05) is 36.4 Å². The van der Waals surface area contributed by atoms with Gasteiger partial charge in [-0.25, -0.2) is 14.8 Å². The first-order chi connectivity index (χ1) is 17.1. The number of rotatable bonds is 9. The van der Waals surface area contributed by atoms with E-state index in [0.717, 1.165) is 53.6 Å². The Hall–Kier alpha value is -3.27. The third-order valence-electron chi connectivity index (χ3n) is 5.32. The van der Waals surface area contributed by atoms with Crippen LogP contribution in [0.4, 0.5) is 5.69 Å². The number of ether oxygens (including phenoxy) is 2. The van der Waals surface area contributed by atoms with Crippen LogP contribution in [0.3, 0.4) is 0 Å². The molecule has 0 atom stereocenters. The van der Waals surface area contributed by atoms with Gasteiger partial charge >= 0.3 is 5.97 Å². The van der Waals surface area contributed by atoms with Gasteiger partial charge in [-0.05, 0) is 36.8 Å². The topological polar surface area (TPSA) is 93.6 Å². The monoisotopic (exact) mass is 492 g/mol. The summed E-state index contributed by atoms with van der Waals surface area (Å²) >= 11 is 1.40. The Morgan fingerprint density at radius 2 is 1.89 bits per heavy atom. The molecule has 3 aromatic rings. The molecular weight excluding hydrogens is 464 g/mol. The SMILES string of the molecule is CCOC(=O)/C=C/c1ccc(NC(=O)CSc2nc(CN3CCOCC3)nc3ccccc23)cc1. The van der Waals surface area contributed by atoms with E-state index < -0.39 is 0 Å².